The molecule has 0 unspecified atom stereocenters. The topological polar surface area (TPSA) is 78.1 Å². The van der Waals surface area contributed by atoms with E-state index >= 15 is 0 Å². The van der Waals surface area contributed by atoms with Gasteiger partial charge in [-0.05, 0) is 31.9 Å². The Labute approximate surface area is 134 Å². The Balaban J connectivity index is 1.54. The molecule has 2 aromatic rings. The second-order valence-corrected chi connectivity index (χ2v) is 5.81. The Kier molecular flexibility index (Phi) is 4.41. The molecule has 1 aromatic carbocycles. The van der Waals surface area contributed by atoms with Gasteiger partial charge in [-0.1, -0.05) is 18.2 Å². The Bertz CT molecular complexity index is 688. The number of benzene rings is 1. The lowest BCUT2D eigenvalue weighted by Crippen LogP contribution is -2.46. The second-order valence-electron chi connectivity index (χ2n) is 5.81. The number of aromatic amines is 1. The fourth-order valence-corrected chi connectivity index (χ4v) is 2.82. The first-order chi connectivity index (χ1) is 11.1. The first kappa shape index (κ1) is 15.3. The van der Waals surface area contributed by atoms with Gasteiger partial charge >= 0.3 is 0 Å². The monoisotopic (exact) mass is 312 g/mol. The zero-order valence-corrected chi connectivity index (χ0v) is 13.1. The normalized spacial score (nSPS) is 15.4. The van der Waals surface area contributed by atoms with Crippen LogP contribution in [-0.4, -0.2) is 46.0 Å². The number of nitrogens with one attached hydrogen (secondary N) is 2. The Morgan fingerprint density at radius 1 is 1.22 bits per heavy atom. The molecule has 0 aliphatic carbocycles. The Morgan fingerprint density at radius 2 is 1.91 bits per heavy atom. The van der Waals surface area contributed by atoms with Gasteiger partial charge in [0.15, 0.2) is 0 Å². The summed E-state index contributed by atoms with van der Waals surface area (Å²) in [4.78, 5) is 26.4. The molecule has 1 fully saturated rings. The largest absolute Gasteiger partial charge is 0.349 e. The van der Waals surface area contributed by atoms with Crippen molar-refractivity contribution >= 4 is 11.8 Å². The summed E-state index contributed by atoms with van der Waals surface area (Å²) >= 11 is 0. The van der Waals surface area contributed by atoms with Crippen LogP contribution in [-0.2, 0) is 0 Å². The molecule has 0 atom stereocenters. The van der Waals surface area contributed by atoms with Gasteiger partial charge in [0, 0.05) is 30.4 Å². The lowest BCUT2D eigenvalue weighted by molar-refractivity contribution is 0.0697. The smallest absolute Gasteiger partial charge is 0.257 e. The van der Waals surface area contributed by atoms with Gasteiger partial charge in [-0.2, -0.15) is 5.10 Å². The Morgan fingerprint density at radius 3 is 2.52 bits per heavy atom. The zero-order valence-electron chi connectivity index (χ0n) is 13.1. The van der Waals surface area contributed by atoms with Crippen LogP contribution in [0.1, 0.15) is 39.3 Å². The van der Waals surface area contributed by atoms with Gasteiger partial charge in [0.1, 0.15) is 0 Å². The van der Waals surface area contributed by atoms with Gasteiger partial charge in [-0.3, -0.25) is 14.7 Å². The number of likely N-dealkylation sites (tertiary alicyclic amines) is 1. The van der Waals surface area contributed by atoms with Gasteiger partial charge in [0.2, 0.25) is 0 Å². The number of aromatic nitrogens is 2. The summed E-state index contributed by atoms with van der Waals surface area (Å²) in [5.74, 6) is -0.0508. The van der Waals surface area contributed by atoms with E-state index in [0.29, 0.717) is 24.2 Å². The van der Waals surface area contributed by atoms with Crippen molar-refractivity contribution < 1.29 is 9.59 Å². The molecule has 1 saturated heterocycles. The van der Waals surface area contributed by atoms with E-state index in [0.717, 1.165) is 18.5 Å². The quantitative estimate of drug-likeness (QED) is 0.906. The van der Waals surface area contributed by atoms with Gasteiger partial charge in [0.25, 0.3) is 11.8 Å². The van der Waals surface area contributed by atoms with Crippen LogP contribution in [0.3, 0.4) is 0 Å². The molecule has 1 aromatic heterocycles. The fourth-order valence-electron chi connectivity index (χ4n) is 2.82. The predicted octanol–water partition coefficient (Wildman–Crippen LogP) is 1.75. The fraction of sp³-hybridized carbons (Fsp3) is 0.353. The van der Waals surface area contributed by atoms with Crippen molar-refractivity contribution in [3.05, 3.63) is 53.3 Å². The molecule has 2 N–H and O–H groups in total. The van der Waals surface area contributed by atoms with Crippen molar-refractivity contribution in [1.82, 2.24) is 20.4 Å². The molecule has 1 aliphatic heterocycles. The average molecular weight is 312 g/mol. The molecule has 2 heterocycles. The van der Waals surface area contributed by atoms with Crippen LogP contribution in [0, 0.1) is 6.92 Å². The minimum atomic E-state index is -0.0546. The molecule has 3 rings (SSSR count). The minimum absolute atomic E-state index is 0.00378. The lowest BCUT2D eigenvalue weighted by Gasteiger charge is -2.32. The highest BCUT2D eigenvalue weighted by Crippen LogP contribution is 2.15. The summed E-state index contributed by atoms with van der Waals surface area (Å²) in [5.41, 5.74) is 2.08. The minimum Gasteiger partial charge on any atom is -0.349 e. The number of carbonyl (C=O) groups is 2. The molecule has 23 heavy (non-hydrogen) atoms. The SMILES string of the molecule is Cc1[nH]ncc1C(=O)N1CCC(NC(=O)c2ccccc2)CC1. The van der Waals surface area contributed by atoms with Crippen molar-refractivity contribution in [3.63, 3.8) is 0 Å². The van der Waals surface area contributed by atoms with Crippen molar-refractivity contribution in [2.45, 2.75) is 25.8 Å². The lowest BCUT2D eigenvalue weighted by atomic mass is 10.0. The van der Waals surface area contributed by atoms with Crippen molar-refractivity contribution in [2.75, 3.05) is 13.1 Å². The molecular weight excluding hydrogens is 292 g/mol. The van der Waals surface area contributed by atoms with E-state index < -0.39 is 0 Å². The highest BCUT2D eigenvalue weighted by atomic mass is 16.2. The van der Waals surface area contributed by atoms with E-state index in [2.05, 4.69) is 15.5 Å². The van der Waals surface area contributed by atoms with Crippen molar-refractivity contribution in [3.8, 4) is 0 Å². The van der Waals surface area contributed by atoms with E-state index in [1.165, 1.54) is 0 Å². The number of carbonyl (C=O) groups excluding carboxylic acids is 2. The van der Waals surface area contributed by atoms with Gasteiger partial charge in [0.05, 0.1) is 11.8 Å². The standard InChI is InChI=1S/C17H20N4O2/c1-12-15(11-18-20-12)17(23)21-9-7-14(8-10-21)19-16(22)13-5-3-2-4-6-13/h2-6,11,14H,7-10H2,1H3,(H,18,20)(H,19,22). The van der Waals surface area contributed by atoms with Crippen LogP contribution < -0.4 is 5.32 Å². The maximum absolute atomic E-state index is 12.4. The van der Waals surface area contributed by atoms with Gasteiger partial charge in [-0.15, -0.1) is 0 Å². The van der Waals surface area contributed by atoms with Crippen LogP contribution in [0.5, 0.6) is 0 Å². The van der Waals surface area contributed by atoms with Crippen LogP contribution in [0.25, 0.3) is 0 Å². The van der Waals surface area contributed by atoms with Crippen LogP contribution in [0.4, 0.5) is 0 Å². The average Bonchev–Trinajstić information content (AvgIpc) is 3.02. The van der Waals surface area contributed by atoms with Crippen LogP contribution >= 0.6 is 0 Å². The number of amides is 2. The molecule has 2 amide bonds. The number of nitrogens with zero attached hydrogens (tertiary/aromatic N) is 2. The van der Waals surface area contributed by atoms with Crippen molar-refractivity contribution in [2.24, 2.45) is 0 Å². The van der Waals surface area contributed by atoms with Gasteiger partial charge < -0.3 is 10.2 Å². The summed E-state index contributed by atoms with van der Waals surface area (Å²) in [7, 11) is 0. The predicted molar refractivity (Wildman–Crippen MR) is 86.2 cm³/mol. The highest BCUT2D eigenvalue weighted by molar-refractivity contribution is 5.95. The molecule has 0 spiro atoms. The maximum Gasteiger partial charge on any atom is 0.257 e. The van der Waals surface area contributed by atoms with E-state index in [9.17, 15) is 9.59 Å². The number of hydrogen-bond acceptors (Lipinski definition) is 3. The number of H-pyrrole nitrogens is 1. The Hall–Kier alpha value is -2.63. The molecule has 0 saturated carbocycles. The number of aryl methyl sites for hydroxylation is 1. The highest BCUT2D eigenvalue weighted by Gasteiger charge is 2.26. The first-order valence-corrected chi connectivity index (χ1v) is 7.80. The molecule has 1 aliphatic rings. The summed E-state index contributed by atoms with van der Waals surface area (Å²) in [5, 5.41) is 9.73. The van der Waals surface area contributed by atoms with E-state index in [1.54, 1.807) is 18.3 Å². The number of hydrogen-bond donors (Lipinski definition) is 2. The molecule has 6 nitrogen and oxygen atoms in total. The van der Waals surface area contributed by atoms with Gasteiger partial charge in [-0.25, -0.2) is 0 Å². The summed E-state index contributed by atoms with van der Waals surface area (Å²) in [6.07, 6.45) is 3.10. The zero-order chi connectivity index (χ0) is 16.2. The molecule has 120 valence electrons. The van der Waals surface area contributed by atoms with E-state index in [1.807, 2.05) is 30.0 Å². The third kappa shape index (κ3) is 3.41. The molecule has 6 heteroatoms. The second kappa shape index (κ2) is 6.64. The third-order valence-electron chi connectivity index (χ3n) is 4.21. The molecule has 0 radical (unpaired) electrons. The third-order valence-corrected chi connectivity index (χ3v) is 4.21. The molecule has 0 bridgehead atoms. The number of piperidine rings is 1. The van der Waals surface area contributed by atoms with E-state index in [-0.39, 0.29) is 17.9 Å². The van der Waals surface area contributed by atoms with Crippen LogP contribution in [0.2, 0.25) is 0 Å². The number of rotatable bonds is 3. The van der Waals surface area contributed by atoms with Crippen LogP contribution in [0.15, 0.2) is 36.5 Å². The summed E-state index contributed by atoms with van der Waals surface area (Å²) in [6.45, 7) is 3.12. The summed E-state index contributed by atoms with van der Waals surface area (Å²) < 4.78 is 0. The van der Waals surface area contributed by atoms with E-state index in [4.69, 9.17) is 0 Å². The molecular formula is C17H20N4O2. The maximum atomic E-state index is 12.4. The first-order valence-electron chi connectivity index (χ1n) is 7.80. The van der Waals surface area contributed by atoms with Crippen molar-refractivity contribution in [1.29, 1.82) is 0 Å². The summed E-state index contributed by atoms with van der Waals surface area (Å²) in [6, 6.07) is 9.30.